The topological polar surface area (TPSA) is 78.3 Å². The summed E-state index contributed by atoms with van der Waals surface area (Å²) in [5, 5.41) is 10.9. The fourth-order valence-corrected chi connectivity index (χ4v) is 2.56. The van der Waals surface area contributed by atoms with E-state index in [-0.39, 0.29) is 11.6 Å². The molecule has 26 heavy (non-hydrogen) atoms. The molecule has 7 heteroatoms. The number of carbonyl (C=O) groups excluding carboxylic acids is 1. The number of aromatic nitrogens is 3. The van der Waals surface area contributed by atoms with Crippen LogP contribution < -0.4 is 14.8 Å². The van der Waals surface area contributed by atoms with E-state index >= 15 is 0 Å². The van der Waals surface area contributed by atoms with E-state index in [0.29, 0.717) is 22.9 Å². The number of anilines is 1. The van der Waals surface area contributed by atoms with Crippen LogP contribution in [0.2, 0.25) is 0 Å². The quantitative estimate of drug-likeness (QED) is 0.763. The van der Waals surface area contributed by atoms with Crippen LogP contribution in [0.3, 0.4) is 0 Å². The van der Waals surface area contributed by atoms with Crippen molar-refractivity contribution in [1.29, 1.82) is 0 Å². The van der Waals surface area contributed by atoms with Crippen LogP contribution in [0.25, 0.3) is 5.69 Å². The molecule has 3 aromatic rings. The van der Waals surface area contributed by atoms with E-state index in [4.69, 9.17) is 9.47 Å². The lowest BCUT2D eigenvalue weighted by Gasteiger charge is -2.11. The number of benzene rings is 2. The molecule has 0 bridgehead atoms. The van der Waals surface area contributed by atoms with Crippen LogP contribution in [0.1, 0.15) is 21.7 Å². The minimum Gasteiger partial charge on any atom is -0.497 e. The summed E-state index contributed by atoms with van der Waals surface area (Å²) in [6, 6.07) is 13.0. The minimum absolute atomic E-state index is 0.246. The molecule has 2 aromatic carbocycles. The van der Waals surface area contributed by atoms with Crippen molar-refractivity contribution in [2.45, 2.75) is 13.8 Å². The molecular formula is C19H20N4O3. The highest BCUT2D eigenvalue weighted by molar-refractivity contribution is 6.04. The third-order valence-corrected chi connectivity index (χ3v) is 4.04. The van der Waals surface area contributed by atoms with Crippen molar-refractivity contribution in [3.63, 3.8) is 0 Å². The maximum absolute atomic E-state index is 12.7. The molecule has 0 fully saturated rings. The van der Waals surface area contributed by atoms with E-state index in [1.165, 1.54) is 7.11 Å². The Hall–Kier alpha value is -3.35. The lowest BCUT2D eigenvalue weighted by Crippen LogP contribution is -2.15. The summed E-state index contributed by atoms with van der Waals surface area (Å²) < 4.78 is 12.1. The molecule has 0 atom stereocenters. The molecule has 0 unspecified atom stereocenters. The van der Waals surface area contributed by atoms with Gasteiger partial charge in [0.1, 0.15) is 11.5 Å². The van der Waals surface area contributed by atoms with E-state index < -0.39 is 0 Å². The highest BCUT2D eigenvalue weighted by atomic mass is 16.5. The van der Waals surface area contributed by atoms with Crippen LogP contribution in [0, 0.1) is 13.8 Å². The van der Waals surface area contributed by atoms with Crippen LogP contribution in [-0.2, 0) is 0 Å². The normalized spacial score (nSPS) is 10.5. The van der Waals surface area contributed by atoms with Gasteiger partial charge in [-0.1, -0.05) is 22.9 Å². The van der Waals surface area contributed by atoms with Crippen molar-refractivity contribution in [1.82, 2.24) is 15.0 Å². The van der Waals surface area contributed by atoms with Gasteiger partial charge in [-0.2, -0.15) is 0 Å². The van der Waals surface area contributed by atoms with E-state index in [9.17, 15) is 4.79 Å². The van der Waals surface area contributed by atoms with Crippen LogP contribution in [-0.4, -0.2) is 35.1 Å². The lowest BCUT2D eigenvalue weighted by molar-refractivity contribution is 0.102. The van der Waals surface area contributed by atoms with E-state index in [1.807, 2.05) is 31.2 Å². The van der Waals surface area contributed by atoms with Crippen molar-refractivity contribution in [2.75, 3.05) is 19.5 Å². The zero-order valence-electron chi connectivity index (χ0n) is 15.1. The Labute approximate surface area is 151 Å². The Morgan fingerprint density at radius 1 is 1.04 bits per heavy atom. The highest BCUT2D eigenvalue weighted by Crippen LogP contribution is 2.29. The zero-order chi connectivity index (χ0) is 18.7. The van der Waals surface area contributed by atoms with Gasteiger partial charge in [0.05, 0.1) is 31.3 Å². The van der Waals surface area contributed by atoms with E-state index in [2.05, 4.69) is 15.6 Å². The maximum atomic E-state index is 12.7. The first-order chi connectivity index (χ1) is 12.5. The Kier molecular flexibility index (Phi) is 4.88. The molecule has 0 saturated heterocycles. The molecule has 0 aliphatic carbocycles. The fourth-order valence-electron chi connectivity index (χ4n) is 2.56. The minimum atomic E-state index is -0.368. The standard InChI is InChI=1S/C19H20N4O3/c1-12-5-7-14(8-6-12)23-13(2)18(21-22-23)19(24)20-16-11-15(25-3)9-10-17(16)26-4/h5-11H,1-4H3,(H,20,24). The highest BCUT2D eigenvalue weighted by Gasteiger charge is 2.19. The summed E-state index contributed by atoms with van der Waals surface area (Å²) >= 11 is 0. The molecule has 7 nitrogen and oxygen atoms in total. The number of nitrogens with one attached hydrogen (secondary N) is 1. The molecule has 1 N–H and O–H groups in total. The van der Waals surface area contributed by atoms with Crippen LogP contribution in [0.5, 0.6) is 11.5 Å². The molecule has 134 valence electrons. The second kappa shape index (κ2) is 7.26. The van der Waals surface area contributed by atoms with Crippen LogP contribution in [0.15, 0.2) is 42.5 Å². The zero-order valence-corrected chi connectivity index (χ0v) is 15.1. The molecule has 0 spiro atoms. The van der Waals surface area contributed by atoms with Crippen molar-refractivity contribution < 1.29 is 14.3 Å². The van der Waals surface area contributed by atoms with Gasteiger partial charge >= 0.3 is 0 Å². The van der Waals surface area contributed by atoms with Gasteiger partial charge in [0.25, 0.3) is 5.91 Å². The molecule has 1 amide bonds. The van der Waals surface area contributed by atoms with Crippen LogP contribution in [0.4, 0.5) is 5.69 Å². The number of rotatable bonds is 5. The summed E-state index contributed by atoms with van der Waals surface area (Å²) in [6.45, 7) is 3.82. The van der Waals surface area contributed by atoms with E-state index in [1.54, 1.807) is 36.9 Å². The summed E-state index contributed by atoms with van der Waals surface area (Å²) in [5.41, 5.74) is 3.39. The van der Waals surface area contributed by atoms with Crippen molar-refractivity contribution in [3.8, 4) is 17.2 Å². The molecule has 0 aliphatic rings. The third kappa shape index (κ3) is 3.37. The number of amides is 1. The second-order valence-corrected chi connectivity index (χ2v) is 5.79. The number of aryl methyl sites for hydroxylation is 1. The van der Waals surface area contributed by atoms with Crippen molar-refractivity contribution in [2.24, 2.45) is 0 Å². The number of nitrogens with zero attached hydrogens (tertiary/aromatic N) is 3. The molecule has 0 aliphatic heterocycles. The van der Waals surface area contributed by atoms with Gasteiger partial charge in [0.2, 0.25) is 0 Å². The maximum Gasteiger partial charge on any atom is 0.278 e. The first-order valence-corrected chi connectivity index (χ1v) is 8.06. The molecule has 0 saturated carbocycles. The Balaban J connectivity index is 1.89. The molecule has 3 rings (SSSR count). The van der Waals surface area contributed by atoms with Gasteiger partial charge in [0, 0.05) is 6.07 Å². The lowest BCUT2D eigenvalue weighted by atomic mass is 10.2. The first-order valence-electron chi connectivity index (χ1n) is 8.06. The summed E-state index contributed by atoms with van der Waals surface area (Å²) in [5.74, 6) is 0.774. The second-order valence-electron chi connectivity index (χ2n) is 5.79. The molecule has 1 heterocycles. The number of ether oxygens (including phenoxy) is 2. The predicted octanol–water partition coefficient (Wildman–Crippen LogP) is 3.15. The third-order valence-electron chi connectivity index (χ3n) is 4.04. The van der Waals surface area contributed by atoms with Crippen molar-refractivity contribution in [3.05, 3.63) is 59.4 Å². The largest absolute Gasteiger partial charge is 0.497 e. The van der Waals surface area contributed by atoms with Gasteiger partial charge in [-0.15, -0.1) is 5.10 Å². The predicted molar refractivity (Wildman–Crippen MR) is 98.3 cm³/mol. The van der Waals surface area contributed by atoms with E-state index in [0.717, 1.165) is 11.3 Å². The number of hydrogen-bond acceptors (Lipinski definition) is 5. The summed E-state index contributed by atoms with van der Waals surface area (Å²) in [4.78, 5) is 12.7. The van der Waals surface area contributed by atoms with Gasteiger partial charge in [-0.25, -0.2) is 4.68 Å². The van der Waals surface area contributed by atoms with Gasteiger partial charge < -0.3 is 14.8 Å². The number of methoxy groups -OCH3 is 2. The summed E-state index contributed by atoms with van der Waals surface area (Å²) in [7, 11) is 3.10. The fraction of sp³-hybridized carbons (Fsp3) is 0.211. The Morgan fingerprint density at radius 3 is 2.42 bits per heavy atom. The van der Waals surface area contributed by atoms with Gasteiger partial charge in [-0.3, -0.25) is 4.79 Å². The molecular weight excluding hydrogens is 332 g/mol. The smallest absolute Gasteiger partial charge is 0.278 e. The Bertz CT molecular complexity index is 932. The molecule has 0 radical (unpaired) electrons. The van der Waals surface area contributed by atoms with Crippen molar-refractivity contribution >= 4 is 11.6 Å². The average molecular weight is 352 g/mol. The molecule has 1 aromatic heterocycles. The summed E-state index contributed by atoms with van der Waals surface area (Å²) in [6.07, 6.45) is 0. The number of hydrogen-bond donors (Lipinski definition) is 1. The monoisotopic (exact) mass is 352 g/mol. The first kappa shape index (κ1) is 17.5. The van der Waals surface area contributed by atoms with Gasteiger partial charge in [-0.05, 0) is 38.1 Å². The average Bonchev–Trinajstić information content (AvgIpc) is 3.04. The van der Waals surface area contributed by atoms with Crippen LogP contribution >= 0.6 is 0 Å². The Morgan fingerprint density at radius 2 is 1.77 bits per heavy atom. The number of carbonyl (C=O) groups is 1. The van der Waals surface area contributed by atoms with Gasteiger partial charge in [0.15, 0.2) is 5.69 Å². The SMILES string of the molecule is COc1ccc(OC)c(NC(=O)c2nnn(-c3ccc(C)cc3)c2C)c1.